The maximum Gasteiger partial charge on any atom is 0.174 e. The second-order valence-electron chi connectivity index (χ2n) is 3.54. The number of hydrogen-bond acceptors (Lipinski definition) is 4. The van der Waals surface area contributed by atoms with Gasteiger partial charge < -0.3 is 0 Å². The molecule has 0 fully saturated rings. The van der Waals surface area contributed by atoms with Crippen LogP contribution in [0.3, 0.4) is 0 Å². The summed E-state index contributed by atoms with van der Waals surface area (Å²) in [6.45, 7) is 1.54. The van der Waals surface area contributed by atoms with Crippen LogP contribution in [0.5, 0.6) is 0 Å². The lowest BCUT2D eigenvalue weighted by atomic mass is 10.0. The number of carbonyl (C=O) groups is 2. The fourth-order valence-electron chi connectivity index (χ4n) is 1.61. The number of hydrogen-bond donors (Lipinski definition) is 0. The Morgan fingerprint density at radius 3 is 2.93 bits per heavy atom. The predicted molar refractivity (Wildman–Crippen MR) is 53.8 cm³/mol. The minimum absolute atomic E-state index is 0.101. The first-order valence-corrected chi connectivity index (χ1v) is 5.49. The largest absolute Gasteiger partial charge is 0.300 e. The normalized spacial score (nSPS) is 15.4. The van der Waals surface area contributed by atoms with Crippen molar-refractivity contribution in [2.24, 2.45) is 0 Å². The molecule has 74 valence electrons. The van der Waals surface area contributed by atoms with Crippen molar-refractivity contribution in [3.8, 4) is 0 Å². The SMILES string of the molecule is CC(=O)Cc1nc2c(s1)C(=O)CCC2. The molecule has 0 saturated carbocycles. The number of fused-ring (bicyclic) bond motifs is 1. The number of carbonyl (C=O) groups excluding carboxylic acids is 2. The first-order valence-electron chi connectivity index (χ1n) is 4.68. The van der Waals surface area contributed by atoms with Gasteiger partial charge in [-0.15, -0.1) is 11.3 Å². The fourth-order valence-corrected chi connectivity index (χ4v) is 2.75. The number of Topliss-reactive ketones (excluding diaryl/α,β-unsaturated/α-hetero) is 2. The van der Waals surface area contributed by atoms with E-state index in [9.17, 15) is 9.59 Å². The van der Waals surface area contributed by atoms with E-state index in [1.807, 2.05) is 0 Å². The van der Waals surface area contributed by atoms with Crippen LogP contribution >= 0.6 is 11.3 Å². The Labute approximate surface area is 86.2 Å². The summed E-state index contributed by atoms with van der Waals surface area (Å²) in [5.41, 5.74) is 0.905. The molecule has 0 spiro atoms. The topological polar surface area (TPSA) is 47.0 Å². The minimum Gasteiger partial charge on any atom is -0.300 e. The van der Waals surface area contributed by atoms with E-state index in [1.165, 1.54) is 11.3 Å². The molecule has 1 aromatic heterocycles. The Kier molecular flexibility index (Phi) is 2.46. The van der Waals surface area contributed by atoms with Crippen molar-refractivity contribution in [2.45, 2.75) is 32.6 Å². The zero-order valence-corrected chi connectivity index (χ0v) is 8.82. The molecule has 1 aliphatic rings. The molecule has 0 radical (unpaired) electrons. The summed E-state index contributed by atoms with van der Waals surface area (Å²) in [5.74, 6) is 0.294. The van der Waals surface area contributed by atoms with Crippen molar-refractivity contribution in [3.63, 3.8) is 0 Å². The molecule has 2 rings (SSSR count). The van der Waals surface area contributed by atoms with E-state index in [2.05, 4.69) is 4.98 Å². The lowest BCUT2D eigenvalue weighted by Crippen LogP contribution is -2.07. The van der Waals surface area contributed by atoms with Gasteiger partial charge in [0, 0.05) is 6.42 Å². The third-order valence-electron chi connectivity index (χ3n) is 2.21. The molecular weight excluding hydrogens is 198 g/mol. The smallest absolute Gasteiger partial charge is 0.174 e. The molecule has 3 nitrogen and oxygen atoms in total. The Balaban J connectivity index is 2.30. The van der Waals surface area contributed by atoms with Gasteiger partial charge in [0.2, 0.25) is 0 Å². The van der Waals surface area contributed by atoms with E-state index < -0.39 is 0 Å². The molecular formula is C10H11NO2S. The van der Waals surface area contributed by atoms with E-state index in [0.29, 0.717) is 12.8 Å². The highest BCUT2D eigenvalue weighted by Gasteiger charge is 2.22. The highest BCUT2D eigenvalue weighted by molar-refractivity contribution is 7.14. The van der Waals surface area contributed by atoms with Crippen LogP contribution in [0.4, 0.5) is 0 Å². The van der Waals surface area contributed by atoms with E-state index >= 15 is 0 Å². The van der Waals surface area contributed by atoms with Crippen LogP contribution in [0.25, 0.3) is 0 Å². The van der Waals surface area contributed by atoms with Crippen LogP contribution in [0, 0.1) is 0 Å². The number of rotatable bonds is 2. The summed E-state index contributed by atoms with van der Waals surface area (Å²) in [7, 11) is 0. The third kappa shape index (κ3) is 1.75. The van der Waals surface area contributed by atoms with Crippen LogP contribution in [-0.4, -0.2) is 16.6 Å². The quantitative estimate of drug-likeness (QED) is 0.746. The second kappa shape index (κ2) is 3.61. The van der Waals surface area contributed by atoms with Gasteiger partial charge in [0.05, 0.1) is 17.0 Å². The van der Waals surface area contributed by atoms with Crippen molar-refractivity contribution in [3.05, 3.63) is 15.6 Å². The van der Waals surface area contributed by atoms with Crippen LogP contribution in [0.15, 0.2) is 0 Å². The Hall–Kier alpha value is -1.03. The van der Waals surface area contributed by atoms with E-state index in [-0.39, 0.29) is 11.6 Å². The number of aryl methyl sites for hydroxylation is 1. The van der Waals surface area contributed by atoms with Crippen LogP contribution < -0.4 is 0 Å². The molecule has 1 aliphatic carbocycles. The van der Waals surface area contributed by atoms with Gasteiger partial charge in [0.15, 0.2) is 5.78 Å². The second-order valence-corrected chi connectivity index (χ2v) is 4.62. The Morgan fingerprint density at radius 1 is 1.50 bits per heavy atom. The molecule has 0 aliphatic heterocycles. The maximum absolute atomic E-state index is 11.5. The van der Waals surface area contributed by atoms with Gasteiger partial charge in [0.25, 0.3) is 0 Å². The van der Waals surface area contributed by atoms with Gasteiger partial charge in [-0.2, -0.15) is 0 Å². The lowest BCUT2D eigenvalue weighted by molar-refractivity contribution is -0.116. The molecule has 0 unspecified atom stereocenters. The summed E-state index contributed by atoms with van der Waals surface area (Å²) in [5, 5.41) is 0.790. The summed E-state index contributed by atoms with van der Waals surface area (Å²) < 4.78 is 0. The predicted octanol–water partition coefficient (Wildman–Crippen LogP) is 1.79. The minimum atomic E-state index is 0.101. The number of nitrogens with zero attached hydrogens (tertiary/aromatic N) is 1. The number of aromatic nitrogens is 1. The van der Waals surface area contributed by atoms with Crippen LogP contribution in [-0.2, 0) is 17.6 Å². The van der Waals surface area contributed by atoms with Crippen molar-refractivity contribution >= 4 is 22.9 Å². The highest BCUT2D eigenvalue weighted by atomic mass is 32.1. The Bertz CT molecular complexity index is 395. The molecule has 1 aromatic rings. The average molecular weight is 209 g/mol. The van der Waals surface area contributed by atoms with E-state index in [4.69, 9.17) is 0 Å². The van der Waals surface area contributed by atoms with Crippen LogP contribution in [0.2, 0.25) is 0 Å². The van der Waals surface area contributed by atoms with Gasteiger partial charge in [-0.3, -0.25) is 9.59 Å². The summed E-state index contributed by atoms with van der Waals surface area (Å²) in [6, 6.07) is 0. The van der Waals surface area contributed by atoms with Crippen molar-refractivity contribution in [1.82, 2.24) is 4.98 Å². The summed E-state index contributed by atoms with van der Waals surface area (Å²) in [4.78, 5) is 27.5. The van der Waals surface area contributed by atoms with Gasteiger partial charge in [-0.1, -0.05) is 0 Å². The van der Waals surface area contributed by atoms with Crippen molar-refractivity contribution in [1.29, 1.82) is 0 Å². The summed E-state index contributed by atoms with van der Waals surface area (Å²) in [6.07, 6.45) is 2.78. The molecule has 0 saturated heterocycles. The van der Waals surface area contributed by atoms with Gasteiger partial charge in [0.1, 0.15) is 10.8 Å². The van der Waals surface area contributed by atoms with E-state index in [1.54, 1.807) is 6.92 Å². The maximum atomic E-state index is 11.5. The molecule has 1 heterocycles. The number of thiazole rings is 1. The standard InChI is InChI=1S/C10H11NO2S/c1-6(12)5-9-11-7-3-2-4-8(13)10(7)14-9/h2-5H2,1H3. The zero-order chi connectivity index (χ0) is 10.1. The van der Waals surface area contributed by atoms with Crippen molar-refractivity contribution < 1.29 is 9.59 Å². The van der Waals surface area contributed by atoms with E-state index in [0.717, 1.165) is 28.4 Å². The van der Waals surface area contributed by atoms with Gasteiger partial charge >= 0.3 is 0 Å². The zero-order valence-electron chi connectivity index (χ0n) is 8.00. The molecule has 0 aromatic carbocycles. The fraction of sp³-hybridized carbons (Fsp3) is 0.500. The first kappa shape index (κ1) is 9.52. The van der Waals surface area contributed by atoms with Crippen molar-refractivity contribution in [2.75, 3.05) is 0 Å². The molecule has 0 N–H and O–H groups in total. The lowest BCUT2D eigenvalue weighted by Gasteiger charge is -2.06. The molecule has 14 heavy (non-hydrogen) atoms. The molecule has 0 amide bonds. The van der Waals surface area contributed by atoms with Gasteiger partial charge in [-0.05, 0) is 19.8 Å². The molecule has 0 atom stereocenters. The highest BCUT2D eigenvalue weighted by Crippen LogP contribution is 2.26. The average Bonchev–Trinajstić information content (AvgIpc) is 2.47. The molecule has 0 bridgehead atoms. The first-order chi connectivity index (χ1) is 6.66. The Morgan fingerprint density at radius 2 is 2.29 bits per heavy atom. The monoisotopic (exact) mass is 209 g/mol. The van der Waals surface area contributed by atoms with Gasteiger partial charge in [-0.25, -0.2) is 4.98 Å². The summed E-state index contributed by atoms with van der Waals surface area (Å²) >= 11 is 1.39. The molecule has 4 heteroatoms. The number of ketones is 2. The third-order valence-corrected chi connectivity index (χ3v) is 3.35. The van der Waals surface area contributed by atoms with Crippen LogP contribution in [0.1, 0.15) is 40.1 Å².